The van der Waals surface area contributed by atoms with Gasteiger partial charge in [0.25, 0.3) is 0 Å². The molecule has 1 aliphatic rings. The van der Waals surface area contributed by atoms with Gasteiger partial charge in [-0.1, -0.05) is 44.2 Å². The Labute approximate surface area is 152 Å². The molecular weight excluding hydrogens is 334 g/mol. The molecule has 1 fully saturated rings. The van der Waals surface area contributed by atoms with Gasteiger partial charge in [-0.2, -0.15) is 0 Å². The first-order valence-electron chi connectivity index (χ1n) is 9.14. The normalized spacial score (nSPS) is 16.7. The van der Waals surface area contributed by atoms with Crippen LogP contribution >= 0.6 is 0 Å². The number of nitrogens with one attached hydrogen (secondary N) is 2. The van der Waals surface area contributed by atoms with E-state index >= 15 is 0 Å². The van der Waals surface area contributed by atoms with Gasteiger partial charge >= 0.3 is 0 Å². The summed E-state index contributed by atoms with van der Waals surface area (Å²) < 4.78 is 23.4. The van der Waals surface area contributed by atoms with Gasteiger partial charge in [0.2, 0.25) is 0 Å². The van der Waals surface area contributed by atoms with Crippen molar-refractivity contribution < 1.29 is 8.42 Å². The minimum Gasteiger partial charge on any atom is -0.356 e. The number of aryl methyl sites for hydroxylation is 1. The Balaban J connectivity index is 1.81. The van der Waals surface area contributed by atoms with E-state index in [-0.39, 0.29) is 0 Å². The van der Waals surface area contributed by atoms with Crippen LogP contribution in [0.2, 0.25) is 0 Å². The van der Waals surface area contributed by atoms with E-state index in [0.29, 0.717) is 11.4 Å². The molecule has 2 rings (SSSR count). The zero-order chi connectivity index (χ0) is 18.3. The highest BCUT2D eigenvalue weighted by Gasteiger charge is 2.13. The van der Waals surface area contributed by atoms with Crippen molar-refractivity contribution in [2.45, 2.75) is 56.9 Å². The van der Waals surface area contributed by atoms with Gasteiger partial charge in [0.15, 0.2) is 15.8 Å². The molecule has 1 aliphatic carbocycles. The number of hydrogen-bond acceptors (Lipinski definition) is 3. The highest BCUT2D eigenvalue weighted by atomic mass is 32.2. The summed E-state index contributed by atoms with van der Waals surface area (Å²) in [6, 6.07) is 5.45. The molecule has 5 nitrogen and oxygen atoms in total. The van der Waals surface area contributed by atoms with E-state index in [2.05, 4.69) is 15.6 Å². The van der Waals surface area contributed by atoms with E-state index < -0.39 is 9.84 Å². The highest BCUT2D eigenvalue weighted by Crippen LogP contribution is 2.25. The maximum atomic E-state index is 11.7. The molecular formula is C19H31N3O2S. The minimum absolute atomic E-state index is 0.395. The van der Waals surface area contributed by atoms with Gasteiger partial charge in [-0.25, -0.2) is 8.42 Å². The SMILES string of the molecule is CN=C(NCCC1CCCCC1)NCc1ccc(S(C)(=O)=O)c(C)c1. The summed E-state index contributed by atoms with van der Waals surface area (Å²) in [5.74, 6) is 1.64. The van der Waals surface area contributed by atoms with Crippen molar-refractivity contribution in [3.8, 4) is 0 Å². The van der Waals surface area contributed by atoms with Gasteiger partial charge in [0, 0.05) is 26.4 Å². The van der Waals surface area contributed by atoms with Gasteiger partial charge in [0.1, 0.15) is 0 Å². The molecule has 0 atom stereocenters. The van der Waals surface area contributed by atoms with E-state index in [1.807, 2.05) is 19.1 Å². The van der Waals surface area contributed by atoms with Crippen molar-refractivity contribution in [3.05, 3.63) is 29.3 Å². The van der Waals surface area contributed by atoms with Crippen LogP contribution in [0.5, 0.6) is 0 Å². The first-order chi connectivity index (χ1) is 11.9. The highest BCUT2D eigenvalue weighted by molar-refractivity contribution is 7.90. The third kappa shape index (κ3) is 6.34. The number of benzene rings is 1. The molecule has 1 aromatic rings. The number of sulfone groups is 1. The molecule has 0 radical (unpaired) electrons. The lowest BCUT2D eigenvalue weighted by Crippen LogP contribution is -2.37. The second kappa shape index (κ2) is 9.22. The average Bonchev–Trinajstić information content (AvgIpc) is 2.57. The van der Waals surface area contributed by atoms with Crippen LogP contribution in [0.15, 0.2) is 28.1 Å². The number of nitrogens with zero attached hydrogens (tertiary/aromatic N) is 1. The van der Waals surface area contributed by atoms with Crippen molar-refractivity contribution in [1.82, 2.24) is 10.6 Å². The molecule has 0 saturated heterocycles. The maximum absolute atomic E-state index is 11.7. The lowest BCUT2D eigenvalue weighted by Gasteiger charge is -2.22. The van der Waals surface area contributed by atoms with E-state index in [0.717, 1.165) is 29.5 Å². The lowest BCUT2D eigenvalue weighted by molar-refractivity contribution is 0.339. The van der Waals surface area contributed by atoms with Crippen molar-refractivity contribution in [2.24, 2.45) is 10.9 Å². The molecule has 0 bridgehead atoms. The Morgan fingerprint density at radius 1 is 1.20 bits per heavy atom. The minimum atomic E-state index is -3.17. The second-order valence-corrected chi connectivity index (χ2v) is 9.00. The fourth-order valence-electron chi connectivity index (χ4n) is 3.51. The van der Waals surface area contributed by atoms with E-state index in [9.17, 15) is 8.42 Å². The van der Waals surface area contributed by atoms with Gasteiger partial charge in [-0.05, 0) is 36.5 Å². The summed E-state index contributed by atoms with van der Waals surface area (Å²) in [5.41, 5.74) is 1.82. The fraction of sp³-hybridized carbons (Fsp3) is 0.632. The number of rotatable bonds is 6. The monoisotopic (exact) mass is 365 g/mol. The van der Waals surface area contributed by atoms with Gasteiger partial charge in [0.05, 0.1) is 4.90 Å². The predicted molar refractivity (Wildman–Crippen MR) is 104 cm³/mol. The van der Waals surface area contributed by atoms with Crippen LogP contribution in [-0.4, -0.2) is 34.2 Å². The number of aliphatic imine (C=N–C) groups is 1. The zero-order valence-electron chi connectivity index (χ0n) is 15.6. The zero-order valence-corrected chi connectivity index (χ0v) is 16.5. The molecule has 0 amide bonds. The van der Waals surface area contributed by atoms with Crippen LogP contribution in [0.25, 0.3) is 0 Å². The molecule has 0 aliphatic heterocycles. The Hall–Kier alpha value is -1.56. The molecule has 0 unspecified atom stereocenters. The largest absolute Gasteiger partial charge is 0.356 e. The molecule has 1 aromatic carbocycles. The summed E-state index contributed by atoms with van der Waals surface area (Å²) in [6.45, 7) is 3.39. The molecule has 6 heteroatoms. The third-order valence-electron chi connectivity index (χ3n) is 4.89. The summed E-state index contributed by atoms with van der Waals surface area (Å²) in [5, 5.41) is 6.68. The Morgan fingerprint density at radius 3 is 2.52 bits per heavy atom. The summed E-state index contributed by atoms with van der Waals surface area (Å²) >= 11 is 0. The number of guanidine groups is 1. The predicted octanol–water partition coefficient (Wildman–Crippen LogP) is 3.03. The van der Waals surface area contributed by atoms with Crippen LogP contribution in [0.4, 0.5) is 0 Å². The first kappa shape index (κ1) is 19.8. The average molecular weight is 366 g/mol. The van der Waals surface area contributed by atoms with Crippen molar-refractivity contribution in [1.29, 1.82) is 0 Å². The molecule has 0 heterocycles. The van der Waals surface area contributed by atoms with Gasteiger partial charge in [-0.15, -0.1) is 0 Å². The molecule has 25 heavy (non-hydrogen) atoms. The lowest BCUT2D eigenvalue weighted by atomic mass is 9.87. The summed E-state index contributed by atoms with van der Waals surface area (Å²) in [7, 11) is -1.39. The Bertz CT molecular complexity index is 693. The fourth-order valence-corrected chi connectivity index (χ4v) is 4.47. The summed E-state index contributed by atoms with van der Waals surface area (Å²) in [4.78, 5) is 4.66. The smallest absolute Gasteiger partial charge is 0.191 e. The quantitative estimate of drug-likeness (QED) is 0.600. The molecule has 0 aromatic heterocycles. The molecule has 2 N–H and O–H groups in total. The number of hydrogen-bond donors (Lipinski definition) is 2. The summed E-state index contributed by atoms with van der Waals surface area (Å²) in [6.07, 6.45) is 9.30. The molecule has 0 spiro atoms. The van der Waals surface area contributed by atoms with Crippen molar-refractivity contribution >= 4 is 15.8 Å². The second-order valence-electron chi connectivity index (χ2n) is 7.02. The molecule has 1 saturated carbocycles. The van der Waals surface area contributed by atoms with Gasteiger partial charge in [-0.3, -0.25) is 4.99 Å². The van der Waals surface area contributed by atoms with E-state index in [4.69, 9.17) is 0 Å². The van der Waals surface area contributed by atoms with Crippen LogP contribution in [0, 0.1) is 12.8 Å². The first-order valence-corrected chi connectivity index (χ1v) is 11.0. The van der Waals surface area contributed by atoms with Crippen molar-refractivity contribution in [3.63, 3.8) is 0 Å². The van der Waals surface area contributed by atoms with Crippen LogP contribution in [0.3, 0.4) is 0 Å². The van der Waals surface area contributed by atoms with E-state index in [1.165, 1.54) is 44.8 Å². The van der Waals surface area contributed by atoms with Crippen LogP contribution in [-0.2, 0) is 16.4 Å². The topological polar surface area (TPSA) is 70.6 Å². The van der Waals surface area contributed by atoms with Crippen LogP contribution < -0.4 is 10.6 Å². The van der Waals surface area contributed by atoms with Crippen LogP contribution in [0.1, 0.15) is 49.7 Å². The maximum Gasteiger partial charge on any atom is 0.191 e. The van der Waals surface area contributed by atoms with E-state index in [1.54, 1.807) is 13.1 Å². The van der Waals surface area contributed by atoms with Gasteiger partial charge < -0.3 is 10.6 Å². The molecule has 140 valence electrons. The Kier molecular flexibility index (Phi) is 7.29. The third-order valence-corrected chi connectivity index (χ3v) is 6.15. The standard InChI is InChI=1S/C19H31N3O2S/c1-15-13-17(9-10-18(15)25(3,23)24)14-22-19(20-2)21-12-11-16-7-5-4-6-8-16/h9-10,13,16H,4-8,11-12,14H2,1-3H3,(H2,20,21,22). The Morgan fingerprint density at radius 2 is 1.92 bits per heavy atom. The van der Waals surface area contributed by atoms with Crippen molar-refractivity contribution in [2.75, 3.05) is 19.8 Å².